The minimum absolute atomic E-state index is 0.0178. The lowest BCUT2D eigenvalue weighted by molar-refractivity contribution is -0.178. The Morgan fingerprint density at radius 2 is 1.40 bits per heavy atom. The molecular weight excluding hydrogens is 316 g/mol. The fraction of sp³-hybridized carbons (Fsp3) is 0.905. The molecule has 0 heterocycles. The molecule has 0 saturated heterocycles. The number of hydrogen-bond acceptors (Lipinski definition) is 4. The van der Waals surface area contributed by atoms with Crippen LogP contribution in [0.25, 0.3) is 0 Å². The summed E-state index contributed by atoms with van der Waals surface area (Å²) < 4.78 is 11.1. The molecule has 0 bridgehead atoms. The van der Waals surface area contributed by atoms with E-state index < -0.39 is 5.41 Å². The van der Waals surface area contributed by atoms with Crippen LogP contribution in [-0.4, -0.2) is 25.2 Å². The van der Waals surface area contributed by atoms with E-state index in [4.69, 9.17) is 9.47 Å². The van der Waals surface area contributed by atoms with E-state index in [1.54, 1.807) is 0 Å². The summed E-state index contributed by atoms with van der Waals surface area (Å²) >= 11 is 0. The van der Waals surface area contributed by atoms with Gasteiger partial charge in [-0.05, 0) is 49.4 Å². The van der Waals surface area contributed by atoms with Gasteiger partial charge in [-0.2, -0.15) is 0 Å². The number of carbonyl (C=O) groups excluding carboxylic acids is 2. The molecule has 0 spiro atoms. The van der Waals surface area contributed by atoms with Crippen molar-refractivity contribution >= 4 is 11.9 Å². The standard InChI is InChI=1S/C21H38O4/c1-7-9-13-24-19(22)21(20(23)25-14-10-8-2)12-11-17(15(3)4)18(21)16(5)6/h15-18H,7-14H2,1-6H3. The van der Waals surface area contributed by atoms with Crippen LogP contribution < -0.4 is 0 Å². The van der Waals surface area contributed by atoms with Crippen LogP contribution in [-0.2, 0) is 19.1 Å². The van der Waals surface area contributed by atoms with E-state index in [0.717, 1.165) is 32.1 Å². The summed E-state index contributed by atoms with van der Waals surface area (Å²) in [5.74, 6) is 0.273. The Morgan fingerprint density at radius 1 is 0.920 bits per heavy atom. The van der Waals surface area contributed by atoms with Gasteiger partial charge in [0.15, 0.2) is 5.41 Å². The molecule has 1 saturated carbocycles. The number of carbonyl (C=O) groups is 2. The van der Waals surface area contributed by atoms with Crippen molar-refractivity contribution in [3.63, 3.8) is 0 Å². The third kappa shape index (κ3) is 4.98. The van der Waals surface area contributed by atoms with Crippen LogP contribution in [0.4, 0.5) is 0 Å². The minimum Gasteiger partial charge on any atom is -0.465 e. The summed E-state index contributed by atoms with van der Waals surface area (Å²) in [6.45, 7) is 13.5. The molecule has 2 atom stereocenters. The molecule has 146 valence electrons. The Hall–Kier alpha value is -1.06. The van der Waals surface area contributed by atoms with Crippen LogP contribution >= 0.6 is 0 Å². The van der Waals surface area contributed by atoms with Crippen molar-refractivity contribution in [1.29, 1.82) is 0 Å². The van der Waals surface area contributed by atoms with Gasteiger partial charge in [-0.1, -0.05) is 54.4 Å². The monoisotopic (exact) mass is 354 g/mol. The predicted molar refractivity (Wildman–Crippen MR) is 100 cm³/mol. The molecule has 1 fully saturated rings. The first-order valence-electron chi connectivity index (χ1n) is 10.2. The SMILES string of the molecule is CCCCOC(=O)C1(C(=O)OCCCC)CCC(C(C)C)C1C(C)C. The predicted octanol–water partition coefficient (Wildman–Crippen LogP) is 5.00. The first-order chi connectivity index (χ1) is 11.8. The van der Waals surface area contributed by atoms with Gasteiger partial charge in [-0.25, -0.2) is 0 Å². The quantitative estimate of drug-likeness (QED) is 0.315. The summed E-state index contributed by atoms with van der Waals surface area (Å²) in [4.78, 5) is 26.2. The summed E-state index contributed by atoms with van der Waals surface area (Å²) in [7, 11) is 0. The first-order valence-corrected chi connectivity index (χ1v) is 10.2. The number of rotatable bonds is 10. The maximum Gasteiger partial charge on any atom is 0.323 e. The topological polar surface area (TPSA) is 52.6 Å². The molecule has 25 heavy (non-hydrogen) atoms. The number of unbranched alkanes of at least 4 members (excludes halogenated alkanes) is 2. The lowest BCUT2D eigenvalue weighted by Gasteiger charge is -2.37. The third-order valence-corrected chi connectivity index (χ3v) is 5.67. The van der Waals surface area contributed by atoms with Crippen molar-refractivity contribution in [3.05, 3.63) is 0 Å². The van der Waals surface area contributed by atoms with Gasteiger partial charge in [-0.3, -0.25) is 9.59 Å². The van der Waals surface area contributed by atoms with Gasteiger partial charge in [0.05, 0.1) is 13.2 Å². The van der Waals surface area contributed by atoms with E-state index >= 15 is 0 Å². The van der Waals surface area contributed by atoms with Crippen LogP contribution in [0.5, 0.6) is 0 Å². The van der Waals surface area contributed by atoms with Crippen LogP contribution in [0.2, 0.25) is 0 Å². The average molecular weight is 355 g/mol. The van der Waals surface area contributed by atoms with Crippen molar-refractivity contribution in [2.45, 2.75) is 80.1 Å². The Labute approximate surface area is 154 Å². The van der Waals surface area contributed by atoms with Crippen molar-refractivity contribution < 1.29 is 19.1 Å². The summed E-state index contributed by atoms with van der Waals surface area (Å²) in [6, 6.07) is 0. The molecule has 1 aliphatic carbocycles. The van der Waals surface area contributed by atoms with Crippen LogP contribution in [0, 0.1) is 29.1 Å². The molecule has 2 unspecified atom stereocenters. The summed E-state index contributed by atoms with van der Waals surface area (Å²) in [5.41, 5.74) is -1.12. The Bertz CT molecular complexity index is 406. The van der Waals surface area contributed by atoms with Gasteiger partial charge in [0.2, 0.25) is 0 Å². The van der Waals surface area contributed by atoms with Crippen molar-refractivity contribution in [3.8, 4) is 0 Å². The molecule has 0 aromatic rings. The van der Waals surface area contributed by atoms with Gasteiger partial charge in [0.1, 0.15) is 0 Å². The number of hydrogen-bond donors (Lipinski definition) is 0. The van der Waals surface area contributed by atoms with Crippen molar-refractivity contribution in [2.75, 3.05) is 13.2 Å². The molecule has 1 rings (SSSR count). The lowest BCUT2D eigenvalue weighted by Crippen LogP contribution is -2.48. The summed E-state index contributed by atoms with van der Waals surface area (Å²) in [5, 5.41) is 0. The molecular formula is C21H38O4. The molecule has 1 aliphatic rings. The molecule has 4 heteroatoms. The molecule has 0 aliphatic heterocycles. The van der Waals surface area contributed by atoms with Crippen molar-refractivity contribution in [2.24, 2.45) is 29.1 Å². The second-order valence-electron chi connectivity index (χ2n) is 8.17. The minimum atomic E-state index is -1.12. The molecule has 4 nitrogen and oxygen atoms in total. The summed E-state index contributed by atoms with van der Waals surface area (Å²) in [6.07, 6.45) is 5.01. The van der Waals surface area contributed by atoms with E-state index in [1.807, 2.05) is 0 Å². The van der Waals surface area contributed by atoms with E-state index in [9.17, 15) is 9.59 Å². The van der Waals surface area contributed by atoms with Crippen LogP contribution in [0.15, 0.2) is 0 Å². The second kappa shape index (κ2) is 10.2. The smallest absolute Gasteiger partial charge is 0.323 e. The van der Waals surface area contributed by atoms with E-state index in [-0.39, 0.29) is 23.8 Å². The zero-order valence-electron chi connectivity index (χ0n) is 17.1. The van der Waals surface area contributed by atoms with Gasteiger partial charge >= 0.3 is 11.9 Å². The molecule has 0 radical (unpaired) electrons. The fourth-order valence-electron chi connectivity index (χ4n) is 4.35. The Balaban J connectivity index is 3.13. The van der Waals surface area contributed by atoms with Gasteiger partial charge in [-0.15, -0.1) is 0 Å². The van der Waals surface area contributed by atoms with Gasteiger partial charge in [0, 0.05) is 0 Å². The van der Waals surface area contributed by atoms with E-state index in [0.29, 0.717) is 31.5 Å². The average Bonchev–Trinajstić information content (AvgIpc) is 2.97. The van der Waals surface area contributed by atoms with E-state index in [1.165, 1.54) is 0 Å². The zero-order chi connectivity index (χ0) is 19.0. The Morgan fingerprint density at radius 3 is 1.76 bits per heavy atom. The highest BCUT2D eigenvalue weighted by molar-refractivity contribution is 6.01. The van der Waals surface area contributed by atoms with Crippen LogP contribution in [0.1, 0.15) is 80.1 Å². The largest absolute Gasteiger partial charge is 0.465 e. The van der Waals surface area contributed by atoms with Crippen molar-refractivity contribution in [1.82, 2.24) is 0 Å². The van der Waals surface area contributed by atoms with E-state index in [2.05, 4.69) is 41.5 Å². The fourth-order valence-corrected chi connectivity index (χ4v) is 4.35. The number of esters is 2. The van der Waals surface area contributed by atoms with Gasteiger partial charge in [0.25, 0.3) is 0 Å². The lowest BCUT2D eigenvalue weighted by atomic mass is 9.67. The maximum atomic E-state index is 13.1. The molecule has 0 N–H and O–H groups in total. The number of ether oxygens (including phenoxy) is 2. The normalized spacial score (nSPS) is 22.4. The highest BCUT2D eigenvalue weighted by Gasteiger charge is 2.61. The highest BCUT2D eigenvalue weighted by atomic mass is 16.6. The molecule has 0 amide bonds. The van der Waals surface area contributed by atoms with Gasteiger partial charge < -0.3 is 9.47 Å². The second-order valence-corrected chi connectivity index (χ2v) is 8.17. The molecule has 0 aromatic carbocycles. The first kappa shape index (κ1) is 22.0. The third-order valence-electron chi connectivity index (χ3n) is 5.67. The Kier molecular flexibility index (Phi) is 8.95. The zero-order valence-corrected chi connectivity index (χ0v) is 17.1. The molecule has 0 aromatic heterocycles. The van der Waals surface area contributed by atoms with Crippen LogP contribution in [0.3, 0.4) is 0 Å². The highest BCUT2D eigenvalue weighted by Crippen LogP contribution is 2.54. The maximum absolute atomic E-state index is 13.1.